The lowest BCUT2D eigenvalue weighted by Gasteiger charge is -2.09. The number of rotatable bonds is 1. The first-order valence-electron chi connectivity index (χ1n) is 6.05. The van der Waals surface area contributed by atoms with E-state index in [1.54, 1.807) is 12.1 Å². The lowest BCUT2D eigenvalue weighted by Crippen LogP contribution is -1.97. The maximum Gasteiger partial charge on any atom is 0.149 e. The van der Waals surface area contributed by atoms with Crippen molar-refractivity contribution in [2.75, 3.05) is 5.73 Å². The molecule has 0 unspecified atom stereocenters. The summed E-state index contributed by atoms with van der Waals surface area (Å²) in [6.07, 6.45) is 0. The Morgan fingerprint density at radius 2 is 1.85 bits per heavy atom. The molecular weight excluding hydrogens is 253 g/mol. The van der Waals surface area contributed by atoms with Crippen LogP contribution in [0.1, 0.15) is 5.69 Å². The minimum atomic E-state index is -0.500. The van der Waals surface area contributed by atoms with Crippen molar-refractivity contribution >= 4 is 16.6 Å². The van der Waals surface area contributed by atoms with Crippen molar-refractivity contribution in [3.05, 3.63) is 60.0 Å². The first-order chi connectivity index (χ1) is 9.70. The van der Waals surface area contributed by atoms with Crippen LogP contribution in [-0.2, 0) is 0 Å². The third kappa shape index (κ3) is 1.86. The number of hydrogen-bond acceptors (Lipinski definition) is 3. The number of pyridine rings is 1. The van der Waals surface area contributed by atoms with Gasteiger partial charge in [0, 0.05) is 16.5 Å². The summed E-state index contributed by atoms with van der Waals surface area (Å²) in [4.78, 5) is 4.30. The zero-order chi connectivity index (χ0) is 14.1. The van der Waals surface area contributed by atoms with Crippen LogP contribution in [0.15, 0.2) is 48.5 Å². The molecule has 0 spiro atoms. The van der Waals surface area contributed by atoms with Crippen LogP contribution in [0.3, 0.4) is 0 Å². The van der Waals surface area contributed by atoms with Gasteiger partial charge in [-0.3, -0.25) is 0 Å². The van der Waals surface area contributed by atoms with E-state index in [1.165, 1.54) is 6.07 Å². The first-order valence-corrected chi connectivity index (χ1v) is 6.05. The average molecular weight is 263 g/mol. The Hall–Kier alpha value is -2.93. The summed E-state index contributed by atoms with van der Waals surface area (Å²) in [7, 11) is 0. The minimum absolute atomic E-state index is 0.0288. The number of benzene rings is 2. The van der Waals surface area contributed by atoms with Gasteiger partial charge in [0.15, 0.2) is 0 Å². The van der Waals surface area contributed by atoms with Crippen LogP contribution in [0.4, 0.5) is 10.1 Å². The van der Waals surface area contributed by atoms with Crippen molar-refractivity contribution in [2.45, 2.75) is 0 Å². The number of aromatic nitrogens is 1. The van der Waals surface area contributed by atoms with E-state index in [9.17, 15) is 9.65 Å². The van der Waals surface area contributed by atoms with E-state index in [2.05, 4.69) is 4.98 Å². The number of nitriles is 1. The molecule has 2 N–H and O–H groups in total. The fourth-order valence-electron chi connectivity index (χ4n) is 2.18. The summed E-state index contributed by atoms with van der Waals surface area (Å²) in [5.41, 5.74) is 7.79. The van der Waals surface area contributed by atoms with Gasteiger partial charge in [0.05, 0.1) is 11.2 Å². The smallest absolute Gasteiger partial charge is 0.149 e. The van der Waals surface area contributed by atoms with Gasteiger partial charge in [-0.1, -0.05) is 30.3 Å². The second-order valence-corrected chi connectivity index (χ2v) is 4.39. The molecule has 0 amide bonds. The molecule has 0 saturated carbocycles. The van der Waals surface area contributed by atoms with Crippen LogP contribution in [-0.4, -0.2) is 4.98 Å². The second kappa shape index (κ2) is 4.63. The molecule has 0 saturated heterocycles. The van der Waals surface area contributed by atoms with Crippen molar-refractivity contribution in [2.24, 2.45) is 0 Å². The predicted molar refractivity (Wildman–Crippen MR) is 76.3 cm³/mol. The van der Waals surface area contributed by atoms with Gasteiger partial charge in [0.2, 0.25) is 0 Å². The van der Waals surface area contributed by atoms with E-state index >= 15 is 0 Å². The Kier molecular flexibility index (Phi) is 2.81. The molecule has 3 aromatic rings. The molecule has 20 heavy (non-hydrogen) atoms. The van der Waals surface area contributed by atoms with Gasteiger partial charge in [-0.15, -0.1) is 0 Å². The molecule has 0 bridgehead atoms. The Morgan fingerprint density at radius 3 is 2.65 bits per heavy atom. The molecular formula is C16H10FN3. The maximum absolute atomic E-state index is 13.6. The molecule has 0 fully saturated rings. The largest absolute Gasteiger partial charge is 0.396 e. The van der Waals surface area contributed by atoms with Crippen LogP contribution < -0.4 is 5.73 Å². The topological polar surface area (TPSA) is 62.7 Å². The average Bonchev–Trinajstić information content (AvgIpc) is 2.48. The number of nitrogens with two attached hydrogens (primary N) is 1. The quantitative estimate of drug-likeness (QED) is 0.683. The van der Waals surface area contributed by atoms with Crippen molar-refractivity contribution < 1.29 is 4.39 Å². The number of nitrogen functional groups attached to an aromatic ring is 1. The number of para-hydroxylation sites is 2. The standard InChI is InChI=1S/C16H10FN3/c17-13-6-3-5-11(16(13)19)12-8-10-4-1-2-7-14(10)20-15(12)9-18/h1-8H,19H2. The van der Waals surface area contributed by atoms with Gasteiger partial charge < -0.3 is 5.73 Å². The Bertz CT molecular complexity index is 850. The SMILES string of the molecule is N#Cc1nc2ccccc2cc1-c1cccc(F)c1N. The molecule has 1 heterocycles. The fourth-order valence-corrected chi connectivity index (χ4v) is 2.18. The van der Waals surface area contributed by atoms with Crippen LogP contribution >= 0.6 is 0 Å². The number of anilines is 1. The van der Waals surface area contributed by atoms with E-state index in [1.807, 2.05) is 36.4 Å². The Labute approximate surface area is 115 Å². The minimum Gasteiger partial charge on any atom is -0.396 e. The summed E-state index contributed by atoms with van der Waals surface area (Å²) >= 11 is 0. The summed E-state index contributed by atoms with van der Waals surface area (Å²) in [6.45, 7) is 0. The van der Waals surface area contributed by atoms with Crippen LogP contribution in [0.2, 0.25) is 0 Å². The van der Waals surface area contributed by atoms with Crippen LogP contribution in [0.5, 0.6) is 0 Å². The summed E-state index contributed by atoms with van der Waals surface area (Å²) < 4.78 is 13.6. The number of halogens is 1. The number of hydrogen-bond donors (Lipinski definition) is 1. The lowest BCUT2D eigenvalue weighted by molar-refractivity contribution is 0.633. The van der Waals surface area contributed by atoms with Crippen molar-refractivity contribution in [3.8, 4) is 17.2 Å². The molecule has 3 nitrogen and oxygen atoms in total. The summed E-state index contributed by atoms with van der Waals surface area (Å²) in [5.74, 6) is -0.500. The van der Waals surface area contributed by atoms with Gasteiger partial charge in [0.25, 0.3) is 0 Å². The monoisotopic (exact) mass is 263 g/mol. The Balaban J connectivity index is 2.35. The van der Waals surface area contributed by atoms with Gasteiger partial charge >= 0.3 is 0 Å². The molecule has 2 aromatic carbocycles. The third-order valence-corrected chi connectivity index (χ3v) is 3.17. The molecule has 3 rings (SSSR count). The van der Waals surface area contributed by atoms with Crippen LogP contribution in [0, 0.1) is 17.1 Å². The van der Waals surface area contributed by atoms with Crippen molar-refractivity contribution in [3.63, 3.8) is 0 Å². The number of nitrogens with zero attached hydrogens (tertiary/aromatic N) is 2. The highest BCUT2D eigenvalue weighted by molar-refractivity contribution is 5.89. The zero-order valence-corrected chi connectivity index (χ0v) is 10.5. The van der Waals surface area contributed by atoms with Crippen molar-refractivity contribution in [1.29, 1.82) is 5.26 Å². The fraction of sp³-hybridized carbons (Fsp3) is 0. The van der Waals surface area contributed by atoms with E-state index < -0.39 is 5.82 Å². The second-order valence-electron chi connectivity index (χ2n) is 4.39. The molecule has 0 radical (unpaired) electrons. The molecule has 4 heteroatoms. The maximum atomic E-state index is 13.6. The molecule has 96 valence electrons. The Morgan fingerprint density at radius 1 is 1.05 bits per heavy atom. The first kappa shape index (κ1) is 12.1. The van der Waals surface area contributed by atoms with Crippen molar-refractivity contribution in [1.82, 2.24) is 4.98 Å². The van der Waals surface area contributed by atoms with E-state index in [0.717, 1.165) is 10.9 Å². The van der Waals surface area contributed by atoms with Gasteiger partial charge in [-0.2, -0.15) is 5.26 Å². The molecule has 0 aliphatic rings. The highest BCUT2D eigenvalue weighted by Crippen LogP contribution is 2.31. The van der Waals surface area contributed by atoms with Gasteiger partial charge in [-0.05, 0) is 18.2 Å². The molecule has 0 aliphatic carbocycles. The third-order valence-electron chi connectivity index (χ3n) is 3.17. The molecule has 1 aromatic heterocycles. The summed E-state index contributed by atoms with van der Waals surface area (Å²) in [5, 5.41) is 10.1. The van der Waals surface area contributed by atoms with Gasteiger partial charge in [-0.25, -0.2) is 9.37 Å². The highest BCUT2D eigenvalue weighted by Gasteiger charge is 2.13. The molecule has 0 aliphatic heterocycles. The van der Waals surface area contributed by atoms with E-state index in [0.29, 0.717) is 11.1 Å². The van der Waals surface area contributed by atoms with Crippen LogP contribution in [0.25, 0.3) is 22.0 Å². The zero-order valence-electron chi connectivity index (χ0n) is 10.5. The normalized spacial score (nSPS) is 10.4. The summed E-state index contributed by atoms with van der Waals surface area (Å²) in [6, 6.07) is 15.9. The number of fused-ring (bicyclic) bond motifs is 1. The lowest BCUT2D eigenvalue weighted by atomic mass is 10.00. The molecule has 0 atom stereocenters. The predicted octanol–water partition coefficient (Wildman–Crippen LogP) is 3.49. The highest BCUT2D eigenvalue weighted by atomic mass is 19.1. The van der Waals surface area contributed by atoms with Gasteiger partial charge in [0.1, 0.15) is 17.6 Å². The van der Waals surface area contributed by atoms with E-state index in [-0.39, 0.29) is 11.4 Å². The van der Waals surface area contributed by atoms with E-state index in [4.69, 9.17) is 5.73 Å².